The molecule has 0 spiro atoms. The summed E-state index contributed by atoms with van der Waals surface area (Å²) in [5.74, 6) is 1.29. The first kappa shape index (κ1) is 29.1. The number of rotatable bonds is 9. The number of hydrogen-bond acceptors (Lipinski definition) is 3. The van der Waals surface area contributed by atoms with E-state index in [9.17, 15) is 9.59 Å². The van der Waals surface area contributed by atoms with Gasteiger partial charge in [-0.05, 0) is 87.0 Å². The highest BCUT2D eigenvalue weighted by Crippen LogP contribution is 2.59. The van der Waals surface area contributed by atoms with Crippen molar-refractivity contribution >= 4 is 11.9 Å². The third-order valence-electron chi connectivity index (χ3n) is 11.1. The smallest absolute Gasteiger partial charge is 0.320 e. The van der Waals surface area contributed by atoms with Crippen molar-refractivity contribution in [3.8, 4) is 5.75 Å². The molecule has 3 aliphatic carbocycles. The highest BCUT2D eigenvalue weighted by molar-refractivity contribution is 5.82. The molecule has 6 rings (SSSR count). The van der Waals surface area contributed by atoms with Crippen LogP contribution in [0, 0.1) is 11.3 Å². The van der Waals surface area contributed by atoms with Gasteiger partial charge < -0.3 is 19.4 Å². The summed E-state index contributed by atoms with van der Waals surface area (Å²) in [5, 5.41) is 0. The lowest BCUT2D eigenvalue weighted by Gasteiger charge is -2.41. The molecule has 1 aliphatic heterocycles. The van der Waals surface area contributed by atoms with Crippen LogP contribution in [-0.2, 0) is 11.2 Å². The van der Waals surface area contributed by atoms with Gasteiger partial charge in [-0.2, -0.15) is 0 Å². The quantitative estimate of drug-likeness (QED) is 0.308. The van der Waals surface area contributed by atoms with Crippen molar-refractivity contribution in [1.29, 1.82) is 0 Å². The fourth-order valence-electron chi connectivity index (χ4n) is 8.95. The molecule has 0 N–H and O–H groups in total. The molecule has 3 amide bonds. The second-order valence-corrected chi connectivity index (χ2v) is 13.3. The number of urea groups is 1. The van der Waals surface area contributed by atoms with E-state index < -0.39 is 0 Å². The fraction of sp³-hybridized carbons (Fsp3) is 0.611. The van der Waals surface area contributed by atoms with Crippen LogP contribution in [0.3, 0.4) is 0 Å². The second kappa shape index (κ2) is 12.3. The minimum Gasteiger partial charge on any atom is -0.494 e. The molecule has 1 unspecified atom stereocenters. The molecule has 5 atom stereocenters. The Labute approximate surface area is 252 Å². The summed E-state index contributed by atoms with van der Waals surface area (Å²) in [7, 11) is 0. The molecule has 0 bridgehead atoms. The Balaban J connectivity index is 1.34. The average molecular weight is 572 g/mol. The van der Waals surface area contributed by atoms with Gasteiger partial charge in [-0.3, -0.25) is 4.79 Å². The summed E-state index contributed by atoms with van der Waals surface area (Å²) >= 11 is 0. The Morgan fingerprint density at radius 2 is 1.67 bits per heavy atom. The molecule has 2 aromatic rings. The Bertz CT molecular complexity index is 1240. The van der Waals surface area contributed by atoms with Crippen LogP contribution in [0.15, 0.2) is 54.6 Å². The summed E-state index contributed by atoms with van der Waals surface area (Å²) in [5.41, 5.74) is 2.64. The third-order valence-corrected chi connectivity index (χ3v) is 11.1. The Hall–Kier alpha value is -3.02. The van der Waals surface area contributed by atoms with Crippen LogP contribution in [-0.4, -0.2) is 71.0 Å². The highest BCUT2D eigenvalue weighted by atomic mass is 16.5. The van der Waals surface area contributed by atoms with Gasteiger partial charge in [-0.1, -0.05) is 68.7 Å². The standard InChI is InChI=1S/C36H49N3O3/c1-4-37(5-2)34(40)31-24-32-33(23-30-29-20-13-12-15-26(29)25-36(30,31)3)39(27-16-8-6-9-17-27)35(41)38(32)21-14-22-42-28-18-10-7-11-19-28/h7,10-13,15,18-20,27,30-33H,4-6,8-9,14,16-17,21-25H2,1-3H3/t30?,31-,32-,33+,36+/m1/s1. The number of hydrogen-bond donors (Lipinski definition) is 0. The topological polar surface area (TPSA) is 53.1 Å². The van der Waals surface area contributed by atoms with E-state index >= 15 is 0 Å². The van der Waals surface area contributed by atoms with E-state index in [1.807, 2.05) is 35.2 Å². The predicted molar refractivity (Wildman–Crippen MR) is 167 cm³/mol. The van der Waals surface area contributed by atoms with E-state index in [-0.39, 0.29) is 41.3 Å². The maximum atomic E-state index is 14.4. The Morgan fingerprint density at radius 3 is 2.40 bits per heavy atom. The van der Waals surface area contributed by atoms with Gasteiger partial charge in [0.05, 0.1) is 18.7 Å². The van der Waals surface area contributed by atoms with E-state index in [0.717, 1.165) is 57.4 Å². The molecular formula is C36H49N3O3. The lowest BCUT2D eigenvalue weighted by molar-refractivity contribution is -0.140. The van der Waals surface area contributed by atoms with Crippen LogP contribution >= 0.6 is 0 Å². The number of fused-ring (bicyclic) bond motifs is 4. The van der Waals surface area contributed by atoms with Crippen LogP contribution in [0.4, 0.5) is 4.79 Å². The molecule has 3 fully saturated rings. The molecule has 1 heterocycles. The van der Waals surface area contributed by atoms with Gasteiger partial charge in [-0.15, -0.1) is 0 Å². The molecule has 0 radical (unpaired) electrons. The normalized spacial score (nSPS) is 29.1. The summed E-state index contributed by atoms with van der Waals surface area (Å²) in [6, 6.07) is 19.5. The monoisotopic (exact) mass is 571 g/mol. The van der Waals surface area contributed by atoms with Crippen LogP contribution in [0.5, 0.6) is 5.75 Å². The summed E-state index contributed by atoms with van der Waals surface area (Å²) in [6.07, 6.45) is 9.26. The number of carbonyl (C=O) groups is 2. The molecule has 0 aromatic heterocycles. The van der Waals surface area contributed by atoms with Crippen molar-refractivity contribution in [2.24, 2.45) is 11.3 Å². The first-order chi connectivity index (χ1) is 20.5. The molecule has 2 saturated carbocycles. The fourth-order valence-corrected chi connectivity index (χ4v) is 8.95. The Kier molecular flexibility index (Phi) is 8.51. The number of benzene rings is 2. The molecule has 226 valence electrons. The van der Waals surface area contributed by atoms with Gasteiger partial charge in [0.2, 0.25) is 5.91 Å². The van der Waals surface area contributed by atoms with Gasteiger partial charge in [0.15, 0.2) is 0 Å². The van der Waals surface area contributed by atoms with Crippen molar-refractivity contribution in [2.45, 2.75) is 103 Å². The van der Waals surface area contributed by atoms with Crippen LogP contribution in [0.25, 0.3) is 0 Å². The number of nitrogens with zero attached hydrogens (tertiary/aromatic N) is 3. The first-order valence-electron chi connectivity index (χ1n) is 16.6. The van der Waals surface area contributed by atoms with Gasteiger partial charge in [0.25, 0.3) is 0 Å². The maximum Gasteiger partial charge on any atom is 0.320 e. The average Bonchev–Trinajstić information content (AvgIpc) is 3.40. The molecule has 2 aromatic carbocycles. The zero-order chi connectivity index (χ0) is 29.3. The van der Waals surface area contributed by atoms with E-state index in [4.69, 9.17) is 4.74 Å². The zero-order valence-corrected chi connectivity index (χ0v) is 25.8. The predicted octanol–water partition coefficient (Wildman–Crippen LogP) is 6.89. The highest BCUT2D eigenvalue weighted by Gasteiger charge is 2.59. The van der Waals surface area contributed by atoms with Crippen molar-refractivity contribution < 1.29 is 14.3 Å². The van der Waals surface area contributed by atoms with Crippen molar-refractivity contribution in [1.82, 2.24) is 14.7 Å². The molecule has 1 saturated heterocycles. The molecular weight excluding hydrogens is 522 g/mol. The number of amides is 3. The molecule has 6 heteroatoms. The minimum atomic E-state index is -0.156. The van der Waals surface area contributed by atoms with Gasteiger partial charge in [0, 0.05) is 31.6 Å². The SMILES string of the molecule is CCN(CC)C(=O)[C@H]1C[C@@H]2[C@H](CC3c4ccccc4C[C@@]31C)N(C1CCCCC1)C(=O)N2CCCOc1ccccc1. The first-order valence-corrected chi connectivity index (χ1v) is 16.6. The largest absolute Gasteiger partial charge is 0.494 e. The minimum absolute atomic E-state index is 0.0512. The Morgan fingerprint density at radius 1 is 0.952 bits per heavy atom. The summed E-state index contributed by atoms with van der Waals surface area (Å²) in [6.45, 7) is 9.25. The lowest BCUT2D eigenvalue weighted by Crippen LogP contribution is -2.47. The lowest BCUT2D eigenvalue weighted by atomic mass is 9.66. The van der Waals surface area contributed by atoms with Crippen LogP contribution in [0.2, 0.25) is 0 Å². The molecule has 6 nitrogen and oxygen atoms in total. The summed E-state index contributed by atoms with van der Waals surface area (Å²) < 4.78 is 6.03. The van der Waals surface area contributed by atoms with E-state index in [1.165, 1.54) is 30.4 Å². The summed E-state index contributed by atoms with van der Waals surface area (Å²) in [4.78, 5) is 35.3. The molecule has 42 heavy (non-hydrogen) atoms. The number of ether oxygens (including phenoxy) is 1. The second-order valence-electron chi connectivity index (χ2n) is 13.3. The van der Waals surface area contributed by atoms with Gasteiger partial charge in [-0.25, -0.2) is 4.79 Å². The van der Waals surface area contributed by atoms with Crippen molar-refractivity contribution in [2.75, 3.05) is 26.2 Å². The maximum absolute atomic E-state index is 14.4. The van der Waals surface area contributed by atoms with Gasteiger partial charge in [0.1, 0.15) is 5.75 Å². The van der Waals surface area contributed by atoms with Crippen molar-refractivity contribution in [3.05, 3.63) is 65.7 Å². The van der Waals surface area contributed by atoms with Gasteiger partial charge >= 0.3 is 6.03 Å². The van der Waals surface area contributed by atoms with E-state index in [1.54, 1.807) is 0 Å². The van der Waals surface area contributed by atoms with Crippen LogP contribution < -0.4 is 4.74 Å². The van der Waals surface area contributed by atoms with Crippen molar-refractivity contribution in [3.63, 3.8) is 0 Å². The number of carbonyl (C=O) groups excluding carboxylic acids is 2. The van der Waals surface area contributed by atoms with E-state index in [0.29, 0.717) is 19.2 Å². The number of para-hydroxylation sites is 1. The zero-order valence-electron chi connectivity index (χ0n) is 25.8. The molecule has 4 aliphatic rings. The van der Waals surface area contributed by atoms with E-state index in [2.05, 4.69) is 54.8 Å². The third kappa shape index (κ3) is 5.20. The van der Waals surface area contributed by atoms with Crippen LogP contribution in [0.1, 0.15) is 89.2 Å².